The second-order valence-electron chi connectivity index (χ2n) is 5.31. The summed E-state index contributed by atoms with van der Waals surface area (Å²) in [6.07, 6.45) is 0.0985. The summed E-state index contributed by atoms with van der Waals surface area (Å²) in [4.78, 5) is 22.8. The molecule has 0 aliphatic rings. The van der Waals surface area contributed by atoms with Crippen LogP contribution in [0.25, 0.3) is 0 Å². The number of aryl methyl sites for hydroxylation is 1. The summed E-state index contributed by atoms with van der Waals surface area (Å²) in [5.74, 6) is 0.231. The Balaban J connectivity index is 1.91. The smallest absolute Gasteiger partial charge is 0.262 e. The summed E-state index contributed by atoms with van der Waals surface area (Å²) >= 11 is 5.95. The number of anilines is 1. The Morgan fingerprint density at radius 1 is 1.16 bits per heavy atom. The number of rotatable bonds is 8. The van der Waals surface area contributed by atoms with E-state index >= 15 is 0 Å². The molecule has 0 unspecified atom stereocenters. The molecule has 0 spiro atoms. The van der Waals surface area contributed by atoms with Crippen molar-refractivity contribution < 1.29 is 19.1 Å². The molecule has 0 radical (unpaired) electrons. The quantitative estimate of drug-likeness (QED) is 0.755. The first-order valence-electron chi connectivity index (χ1n) is 7.64. The van der Waals surface area contributed by atoms with Gasteiger partial charge < -0.3 is 20.5 Å². The Morgan fingerprint density at radius 3 is 2.64 bits per heavy atom. The second-order valence-corrected chi connectivity index (χ2v) is 5.72. The van der Waals surface area contributed by atoms with E-state index in [9.17, 15) is 9.59 Å². The van der Waals surface area contributed by atoms with Crippen molar-refractivity contribution in [2.45, 2.75) is 13.3 Å². The van der Waals surface area contributed by atoms with Gasteiger partial charge in [-0.2, -0.15) is 0 Å². The number of carbonyl (C=O) groups excluding carboxylic acids is 2. The number of hydrogen-bond acceptors (Lipinski definition) is 4. The van der Waals surface area contributed by atoms with Crippen molar-refractivity contribution in [3.05, 3.63) is 53.1 Å². The van der Waals surface area contributed by atoms with Crippen LogP contribution in [0.4, 0.5) is 5.69 Å². The number of hydrogen-bond donors (Lipinski definition) is 2. The van der Waals surface area contributed by atoms with Crippen LogP contribution >= 0.6 is 11.6 Å². The van der Waals surface area contributed by atoms with Gasteiger partial charge in [0.1, 0.15) is 11.5 Å². The van der Waals surface area contributed by atoms with Crippen molar-refractivity contribution >= 4 is 29.1 Å². The van der Waals surface area contributed by atoms with Gasteiger partial charge >= 0.3 is 0 Å². The first-order chi connectivity index (χ1) is 12.0. The minimum atomic E-state index is -0.451. The molecule has 0 fully saturated rings. The molecule has 2 rings (SSSR count). The fourth-order valence-corrected chi connectivity index (χ4v) is 2.12. The fraction of sp³-hybridized carbons (Fsp3) is 0.222. The van der Waals surface area contributed by atoms with Crippen LogP contribution in [0, 0.1) is 6.92 Å². The van der Waals surface area contributed by atoms with Crippen LogP contribution in [0.2, 0.25) is 5.02 Å². The maximum atomic E-state index is 12.1. The van der Waals surface area contributed by atoms with Crippen LogP contribution in [0.3, 0.4) is 0 Å². The van der Waals surface area contributed by atoms with Gasteiger partial charge in [-0.25, -0.2) is 0 Å². The van der Waals surface area contributed by atoms with Gasteiger partial charge in [0, 0.05) is 5.02 Å². The van der Waals surface area contributed by atoms with Crippen LogP contribution in [0.1, 0.15) is 12.0 Å². The van der Waals surface area contributed by atoms with Crippen LogP contribution in [0.15, 0.2) is 42.5 Å². The van der Waals surface area contributed by atoms with Gasteiger partial charge in [-0.15, -0.1) is 0 Å². The van der Waals surface area contributed by atoms with E-state index in [1.807, 2.05) is 6.92 Å². The molecule has 0 saturated heterocycles. The molecule has 0 heterocycles. The zero-order valence-electron chi connectivity index (χ0n) is 13.8. The molecular weight excluding hydrogens is 344 g/mol. The average Bonchev–Trinajstić information content (AvgIpc) is 2.57. The highest BCUT2D eigenvalue weighted by Crippen LogP contribution is 2.24. The highest BCUT2D eigenvalue weighted by atomic mass is 35.5. The average molecular weight is 363 g/mol. The largest absolute Gasteiger partial charge is 0.491 e. The molecule has 132 valence electrons. The summed E-state index contributed by atoms with van der Waals surface area (Å²) in [5, 5.41) is 3.35. The standard InChI is InChI=1S/C18H19ClN2O4/c1-12-10-13(6-7-14(12)19)25-11-18(23)21-15-4-2-3-5-16(15)24-9-8-17(20)22/h2-7,10H,8-9,11H2,1H3,(H2,20,22)(H,21,23). The van der Waals surface area contributed by atoms with Crippen LogP contribution in [-0.2, 0) is 9.59 Å². The summed E-state index contributed by atoms with van der Waals surface area (Å²) in [5.41, 5.74) is 6.44. The highest BCUT2D eigenvalue weighted by Gasteiger charge is 2.09. The molecule has 0 aliphatic heterocycles. The maximum Gasteiger partial charge on any atom is 0.262 e. The van der Waals surface area contributed by atoms with Crippen LogP contribution < -0.4 is 20.5 Å². The number of ether oxygens (including phenoxy) is 2. The summed E-state index contributed by atoms with van der Waals surface area (Å²) in [7, 11) is 0. The Bertz CT molecular complexity index is 764. The van der Waals surface area contributed by atoms with E-state index in [1.165, 1.54) is 0 Å². The maximum absolute atomic E-state index is 12.1. The minimum Gasteiger partial charge on any atom is -0.491 e. The van der Waals surface area contributed by atoms with E-state index in [-0.39, 0.29) is 25.5 Å². The normalized spacial score (nSPS) is 10.2. The second kappa shape index (κ2) is 8.94. The van der Waals surface area contributed by atoms with Crippen molar-refractivity contribution in [3.8, 4) is 11.5 Å². The monoisotopic (exact) mass is 362 g/mol. The molecule has 0 bridgehead atoms. The predicted octanol–water partition coefficient (Wildman–Crippen LogP) is 2.92. The van der Waals surface area contributed by atoms with Gasteiger partial charge in [0.15, 0.2) is 6.61 Å². The summed E-state index contributed by atoms with van der Waals surface area (Å²) < 4.78 is 10.9. The van der Waals surface area contributed by atoms with Crippen molar-refractivity contribution in [2.24, 2.45) is 5.73 Å². The minimum absolute atomic E-state index is 0.0985. The Hall–Kier alpha value is -2.73. The van der Waals surface area contributed by atoms with Gasteiger partial charge in [-0.05, 0) is 42.8 Å². The van der Waals surface area contributed by atoms with E-state index in [0.717, 1.165) is 5.56 Å². The van der Waals surface area contributed by atoms with Gasteiger partial charge in [0.2, 0.25) is 5.91 Å². The number of carbonyl (C=O) groups is 2. The molecular formula is C18H19ClN2O4. The number of para-hydroxylation sites is 2. The molecule has 25 heavy (non-hydrogen) atoms. The Labute approximate surface area is 150 Å². The molecule has 0 saturated carbocycles. The zero-order chi connectivity index (χ0) is 18.2. The van der Waals surface area contributed by atoms with E-state index in [1.54, 1.807) is 42.5 Å². The van der Waals surface area contributed by atoms with Gasteiger partial charge in [0.25, 0.3) is 5.91 Å². The molecule has 3 N–H and O–H groups in total. The molecule has 7 heteroatoms. The topological polar surface area (TPSA) is 90.7 Å². The Kier molecular flexibility index (Phi) is 6.65. The molecule has 0 aromatic heterocycles. The molecule has 0 atom stereocenters. The van der Waals surface area contributed by atoms with Crippen LogP contribution in [0.5, 0.6) is 11.5 Å². The summed E-state index contributed by atoms with van der Waals surface area (Å²) in [6, 6.07) is 12.1. The lowest BCUT2D eigenvalue weighted by Gasteiger charge is -2.12. The van der Waals surface area contributed by atoms with Crippen molar-refractivity contribution in [3.63, 3.8) is 0 Å². The number of halogens is 1. The van der Waals surface area contributed by atoms with E-state index < -0.39 is 5.91 Å². The number of primary amides is 1. The zero-order valence-corrected chi connectivity index (χ0v) is 14.5. The van der Waals surface area contributed by atoms with Crippen LogP contribution in [-0.4, -0.2) is 25.0 Å². The lowest BCUT2D eigenvalue weighted by atomic mass is 10.2. The predicted molar refractivity (Wildman–Crippen MR) is 96.1 cm³/mol. The Morgan fingerprint density at radius 2 is 1.92 bits per heavy atom. The molecule has 2 aromatic rings. The molecule has 6 nitrogen and oxygen atoms in total. The van der Waals surface area contributed by atoms with Crippen molar-refractivity contribution in [1.82, 2.24) is 0 Å². The van der Waals surface area contributed by atoms with Gasteiger partial charge in [-0.3, -0.25) is 9.59 Å². The van der Waals surface area contributed by atoms with E-state index in [0.29, 0.717) is 22.2 Å². The SMILES string of the molecule is Cc1cc(OCC(=O)Nc2ccccc2OCCC(N)=O)ccc1Cl. The third kappa shape index (κ3) is 6.00. The lowest BCUT2D eigenvalue weighted by Crippen LogP contribution is -2.21. The highest BCUT2D eigenvalue weighted by molar-refractivity contribution is 6.31. The first kappa shape index (κ1) is 18.6. The molecule has 2 aromatic carbocycles. The lowest BCUT2D eigenvalue weighted by molar-refractivity contribution is -0.119. The number of benzene rings is 2. The van der Waals surface area contributed by atoms with E-state index in [4.69, 9.17) is 26.8 Å². The number of amides is 2. The van der Waals surface area contributed by atoms with E-state index in [2.05, 4.69) is 5.32 Å². The first-order valence-corrected chi connectivity index (χ1v) is 8.02. The molecule has 2 amide bonds. The van der Waals surface area contributed by atoms with Gasteiger partial charge in [-0.1, -0.05) is 23.7 Å². The fourth-order valence-electron chi connectivity index (χ4n) is 2.00. The van der Waals surface area contributed by atoms with Crippen molar-refractivity contribution in [2.75, 3.05) is 18.5 Å². The number of nitrogens with one attached hydrogen (secondary N) is 1. The number of nitrogens with two attached hydrogens (primary N) is 1. The van der Waals surface area contributed by atoms with Gasteiger partial charge in [0.05, 0.1) is 18.7 Å². The third-order valence-electron chi connectivity index (χ3n) is 3.27. The van der Waals surface area contributed by atoms with Crippen molar-refractivity contribution in [1.29, 1.82) is 0 Å². The third-order valence-corrected chi connectivity index (χ3v) is 3.69. The molecule has 0 aliphatic carbocycles. The summed E-state index contributed by atoms with van der Waals surface area (Å²) in [6.45, 7) is 1.84.